The Hall–Kier alpha value is -4.89. The maximum Gasteiger partial charge on any atom is 0.490 e. The van der Waals surface area contributed by atoms with E-state index in [1.807, 2.05) is 30.3 Å². The first-order chi connectivity index (χ1) is 20.0. The summed E-state index contributed by atoms with van der Waals surface area (Å²) in [7, 11) is 0. The van der Waals surface area contributed by atoms with Crippen molar-refractivity contribution in [1.29, 1.82) is 5.26 Å². The highest BCUT2D eigenvalue weighted by molar-refractivity contribution is 6.04. The van der Waals surface area contributed by atoms with Crippen molar-refractivity contribution in [2.45, 2.75) is 38.0 Å². The van der Waals surface area contributed by atoms with E-state index in [9.17, 15) is 22.8 Å². The molecule has 2 aliphatic rings. The van der Waals surface area contributed by atoms with Crippen LogP contribution in [0.5, 0.6) is 0 Å². The Morgan fingerprint density at radius 3 is 2.45 bits per heavy atom. The summed E-state index contributed by atoms with van der Waals surface area (Å²) in [5.74, 6) is -2.93. The summed E-state index contributed by atoms with van der Waals surface area (Å²) in [6.45, 7) is 2.43. The lowest BCUT2D eigenvalue weighted by Crippen LogP contribution is -2.34. The average molecular weight is 580 g/mol. The molecule has 0 radical (unpaired) electrons. The van der Waals surface area contributed by atoms with Crippen molar-refractivity contribution in [2.24, 2.45) is 0 Å². The summed E-state index contributed by atoms with van der Waals surface area (Å²) >= 11 is 0. The lowest BCUT2D eigenvalue weighted by Gasteiger charge is -2.25. The van der Waals surface area contributed by atoms with Crippen molar-refractivity contribution in [3.63, 3.8) is 0 Å². The van der Waals surface area contributed by atoms with Gasteiger partial charge in [0.05, 0.1) is 17.7 Å². The topological polar surface area (TPSA) is 135 Å². The van der Waals surface area contributed by atoms with Crippen LogP contribution in [0.3, 0.4) is 0 Å². The van der Waals surface area contributed by atoms with Crippen LogP contribution < -0.4 is 16.0 Å². The van der Waals surface area contributed by atoms with Crippen LogP contribution in [0.25, 0.3) is 0 Å². The number of carbonyl (C=O) groups excluding carboxylic acids is 2. The molecule has 3 aromatic carbocycles. The fraction of sp³-hybridized carbons (Fsp3) is 0.267. The molecule has 42 heavy (non-hydrogen) atoms. The number of amides is 3. The number of fused-ring (bicyclic) bond motifs is 1. The number of carboxylic acid groups (broad SMARTS) is 1. The third-order valence-electron chi connectivity index (χ3n) is 6.88. The van der Waals surface area contributed by atoms with Gasteiger partial charge in [0.25, 0.3) is 5.91 Å². The van der Waals surface area contributed by atoms with Crippen molar-refractivity contribution < 1.29 is 32.7 Å². The number of benzene rings is 3. The molecule has 0 aliphatic carbocycles. The van der Waals surface area contributed by atoms with Crippen LogP contribution in [0.1, 0.15) is 51.5 Å². The number of hydrogen-bond donors (Lipinski definition) is 4. The average Bonchev–Trinajstić information content (AvgIpc) is 3.48. The van der Waals surface area contributed by atoms with Crippen molar-refractivity contribution in [3.05, 3.63) is 94.5 Å². The molecule has 9 nitrogen and oxygen atoms in total. The van der Waals surface area contributed by atoms with Gasteiger partial charge in [0, 0.05) is 30.0 Å². The zero-order valence-electron chi connectivity index (χ0n) is 22.4. The summed E-state index contributed by atoms with van der Waals surface area (Å²) in [5, 5.41) is 25.5. The molecule has 0 aromatic heterocycles. The molecule has 4 N–H and O–H groups in total. The van der Waals surface area contributed by atoms with E-state index < -0.39 is 12.1 Å². The third kappa shape index (κ3) is 7.64. The normalized spacial score (nSPS) is 15.9. The smallest absolute Gasteiger partial charge is 0.475 e. The fourth-order valence-electron chi connectivity index (χ4n) is 4.87. The predicted molar refractivity (Wildman–Crippen MR) is 149 cm³/mol. The van der Waals surface area contributed by atoms with Gasteiger partial charge >= 0.3 is 18.2 Å². The van der Waals surface area contributed by atoms with Gasteiger partial charge in [0.2, 0.25) is 0 Å². The molecule has 218 valence electrons. The maximum absolute atomic E-state index is 13.0. The highest BCUT2D eigenvalue weighted by atomic mass is 19.4. The van der Waals surface area contributed by atoms with Crippen LogP contribution in [0, 0.1) is 11.3 Å². The molecule has 1 unspecified atom stereocenters. The Labute approximate surface area is 239 Å². The van der Waals surface area contributed by atoms with Crippen molar-refractivity contribution >= 4 is 29.3 Å². The Morgan fingerprint density at radius 2 is 1.71 bits per heavy atom. The molecule has 2 aliphatic heterocycles. The second-order valence-corrected chi connectivity index (χ2v) is 9.77. The van der Waals surface area contributed by atoms with Crippen LogP contribution in [0.15, 0.2) is 66.7 Å². The fourth-order valence-corrected chi connectivity index (χ4v) is 4.87. The van der Waals surface area contributed by atoms with E-state index in [1.165, 1.54) is 11.1 Å². The molecule has 1 atom stereocenters. The molecule has 0 saturated carbocycles. The summed E-state index contributed by atoms with van der Waals surface area (Å²) in [6, 6.07) is 22.2. The molecular formula is C30H28F3N5O4. The van der Waals surface area contributed by atoms with Gasteiger partial charge in [0.1, 0.15) is 0 Å². The molecule has 5 rings (SSSR count). The van der Waals surface area contributed by atoms with E-state index in [0.29, 0.717) is 23.4 Å². The molecular weight excluding hydrogens is 551 g/mol. The number of aliphatic carboxylic acids is 1. The Kier molecular flexibility index (Phi) is 9.44. The molecule has 0 bridgehead atoms. The summed E-state index contributed by atoms with van der Waals surface area (Å²) in [5.41, 5.74) is 5.91. The second-order valence-electron chi connectivity index (χ2n) is 9.77. The monoisotopic (exact) mass is 579 g/mol. The summed E-state index contributed by atoms with van der Waals surface area (Å²) < 4.78 is 31.7. The van der Waals surface area contributed by atoms with Crippen LogP contribution in [0.2, 0.25) is 0 Å². The van der Waals surface area contributed by atoms with Crippen molar-refractivity contribution in [1.82, 2.24) is 10.2 Å². The number of hydrogen-bond acceptors (Lipinski definition) is 5. The molecule has 1 fully saturated rings. The van der Waals surface area contributed by atoms with E-state index in [4.69, 9.17) is 15.2 Å². The maximum atomic E-state index is 13.0. The first kappa shape index (κ1) is 30.1. The SMILES string of the molecule is N#Cc1cccc(NC(=O)N2CCCC2c2cccc(C(=O)Nc3ccc4c(c3)CNCC4)c2)c1.O=C(O)C(F)(F)F. The number of nitrogens with zero attached hydrogens (tertiary/aromatic N) is 2. The number of nitrogens with one attached hydrogen (secondary N) is 3. The van der Waals surface area contributed by atoms with E-state index in [-0.39, 0.29) is 18.0 Å². The minimum atomic E-state index is -5.08. The number of carbonyl (C=O) groups is 3. The number of likely N-dealkylation sites (tertiary alicyclic amines) is 1. The Bertz CT molecular complexity index is 1520. The van der Waals surface area contributed by atoms with Crippen LogP contribution >= 0.6 is 0 Å². The van der Waals surface area contributed by atoms with Gasteiger partial charge < -0.3 is 26.0 Å². The predicted octanol–water partition coefficient (Wildman–Crippen LogP) is 5.46. The van der Waals surface area contributed by atoms with E-state index in [0.717, 1.165) is 43.6 Å². The first-order valence-corrected chi connectivity index (χ1v) is 13.2. The summed E-state index contributed by atoms with van der Waals surface area (Å²) in [4.78, 5) is 36.7. The third-order valence-corrected chi connectivity index (χ3v) is 6.88. The van der Waals surface area contributed by atoms with E-state index in [2.05, 4.69) is 28.1 Å². The largest absolute Gasteiger partial charge is 0.490 e. The minimum Gasteiger partial charge on any atom is -0.475 e. The van der Waals surface area contributed by atoms with Gasteiger partial charge in [0.15, 0.2) is 0 Å². The lowest BCUT2D eigenvalue weighted by atomic mass is 10.00. The zero-order valence-corrected chi connectivity index (χ0v) is 22.4. The number of alkyl halides is 3. The van der Waals surface area contributed by atoms with Gasteiger partial charge in [-0.25, -0.2) is 9.59 Å². The minimum absolute atomic E-state index is 0.114. The van der Waals surface area contributed by atoms with E-state index >= 15 is 0 Å². The van der Waals surface area contributed by atoms with Crippen molar-refractivity contribution in [3.8, 4) is 6.07 Å². The van der Waals surface area contributed by atoms with Crippen LogP contribution in [-0.4, -0.2) is 47.2 Å². The zero-order chi connectivity index (χ0) is 30.3. The number of rotatable bonds is 4. The number of halogens is 3. The molecule has 3 amide bonds. The number of anilines is 2. The van der Waals surface area contributed by atoms with Gasteiger partial charge in [-0.3, -0.25) is 4.79 Å². The second kappa shape index (κ2) is 13.2. The highest BCUT2D eigenvalue weighted by Crippen LogP contribution is 2.33. The molecule has 2 heterocycles. The molecule has 0 spiro atoms. The first-order valence-electron chi connectivity index (χ1n) is 13.2. The van der Waals surface area contributed by atoms with Crippen LogP contribution in [0.4, 0.5) is 29.3 Å². The number of nitriles is 1. The number of carboxylic acids is 1. The standard InChI is InChI=1S/C28H27N5O2.C2HF3O2/c29-17-19-4-1-7-24(14-19)32-28(35)33-13-3-8-26(33)21-5-2-6-22(15-21)27(34)31-25-10-9-20-11-12-30-18-23(20)16-25;3-2(4,5)1(6)7/h1-2,4-7,9-10,14-16,26,30H,3,8,11-13,18H2,(H,31,34)(H,32,35);(H,6,7). The van der Waals surface area contributed by atoms with E-state index in [1.54, 1.807) is 35.2 Å². The van der Waals surface area contributed by atoms with Crippen LogP contribution in [-0.2, 0) is 17.8 Å². The van der Waals surface area contributed by atoms with Gasteiger partial charge in [-0.1, -0.05) is 24.3 Å². The number of urea groups is 1. The van der Waals surface area contributed by atoms with Gasteiger partial charge in [-0.05, 0) is 85.0 Å². The molecule has 12 heteroatoms. The lowest BCUT2D eigenvalue weighted by molar-refractivity contribution is -0.192. The van der Waals surface area contributed by atoms with Gasteiger partial charge in [-0.15, -0.1) is 0 Å². The quantitative estimate of drug-likeness (QED) is 0.324. The highest BCUT2D eigenvalue weighted by Gasteiger charge is 2.38. The Morgan fingerprint density at radius 1 is 0.976 bits per heavy atom. The molecule has 1 saturated heterocycles. The van der Waals surface area contributed by atoms with Gasteiger partial charge in [-0.2, -0.15) is 18.4 Å². The van der Waals surface area contributed by atoms with Crippen molar-refractivity contribution in [2.75, 3.05) is 23.7 Å². The Balaban J connectivity index is 0.000000517. The molecule has 3 aromatic rings. The summed E-state index contributed by atoms with van der Waals surface area (Å²) in [6.07, 6.45) is -2.37.